The second-order valence-electron chi connectivity index (χ2n) is 10.7. The Morgan fingerprint density at radius 3 is 1.81 bits per heavy atom. The highest BCUT2D eigenvalue weighted by Gasteiger charge is 2.57. The molecule has 5 aromatic carbocycles. The second kappa shape index (κ2) is 8.46. The molecular weight excluding hydrogens is 444 g/mol. The van der Waals surface area contributed by atoms with Crippen molar-refractivity contribution in [1.82, 2.24) is 0 Å². The van der Waals surface area contributed by atoms with E-state index in [1.165, 1.54) is 44.5 Å². The molecule has 0 heteroatoms. The summed E-state index contributed by atoms with van der Waals surface area (Å²) < 4.78 is 0. The van der Waals surface area contributed by atoms with E-state index in [9.17, 15) is 0 Å². The Morgan fingerprint density at radius 1 is 0.595 bits per heavy atom. The normalized spacial score (nSPS) is 19.2. The Labute approximate surface area is 220 Å². The summed E-state index contributed by atoms with van der Waals surface area (Å²) in [4.78, 5) is 0. The molecule has 0 aromatic heterocycles. The van der Waals surface area contributed by atoms with E-state index in [1.54, 1.807) is 0 Å². The summed E-state index contributed by atoms with van der Waals surface area (Å²) in [7, 11) is 0. The van der Waals surface area contributed by atoms with Crippen LogP contribution in [0, 0.1) is 0 Å². The van der Waals surface area contributed by atoms with E-state index in [0.717, 1.165) is 6.42 Å². The van der Waals surface area contributed by atoms with E-state index in [4.69, 9.17) is 0 Å². The highest BCUT2D eigenvalue weighted by atomic mass is 14.6. The topological polar surface area (TPSA) is 0 Å². The molecule has 0 bridgehead atoms. The Bertz CT molecular complexity index is 1570. The lowest BCUT2D eigenvalue weighted by atomic mass is 9.50. The van der Waals surface area contributed by atoms with Crippen LogP contribution in [0.3, 0.4) is 0 Å². The lowest BCUT2D eigenvalue weighted by molar-refractivity contribution is 0.260. The van der Waals surface area contributed by atoms with E-state index in [0.29, 0.717) is 0 Å². The van der Waals surface area contributed by atoms with Gasteiger partial charge in [-0.15, -0.1) is 0 Å². The average Bonchev–Trinajstić information content (AvgIpc) is 3.51. The first-order valence-corrected chi connectivity index (χ1v) is 13.3. The van der Waals surface area contributed by atoms with Gasteiger partial charge < -0.3 is 0 Å². The van der Waals surface area contributed by atoms with E-state index in [2.05, 4.69) is 153 Å². The van der Waals surface area contributed by atoms with Crippen molar-refractivity contribution in [2.45, 2.75) is 30.1 Å². The molecule has 0 saturated heterocycles. The Morgan fingerprint density at radius 2 is 1.14 bits per heavy atom. The van der Waals surface area contributed by atoms with Crippen LogP contribution in [-0.2, 0) is 17.3 Å². The van der Waals surface area contributed by atoms with Gasteiger partial charge in [-0.05, 0) is 50.9 Å². The summed E-state index contributed by atoms with van der Waals surface area (Å²) in [5, 5.41) is 0. The number of hydrogen-bond donors (Lipinski definition) is 0. The second-order valence-corrected chi connectivity index (χ2v) is 10.7. The maximum Gasteiger partial charge on any atom is 0.0285 e. The van der Waals surface area contributed by atoms with Gasteiger partial charge in [0.05, 0.1) is 0 Å². The van der Waals surface area contributed by atoms with Crippen LogP contribution in [0.4, 0.5) is 0 Å². The lowest BCUT2D eigenvalue weighted by Crippen LogP contribution is -2.50. The number of benzene rings is 5. The molecule has 5 aromatic rings. The van der Waals surface area contributed by atoms with Crippen molar-refractivity contribution < 1.29 is 0 Å². The Balaban J connectivity index is 1.58. The summed E-state index contributed by atoms with van der Waals surface area (Å²) in [6.45, 7) is 2.53. The van der Waals surface area contributed by atoms with Crippen molar-refractivity contribution in [3.05, 3.63) is 173 Å². The molecule has 37 heavy (non-hydrogen) atoms. The molecule has 7 rings (SSSR count). The fourth-order valence-electron chi connectivity index (χ4n) is 7.32. The third kappa shape index (κ3) is 3.15. The minimum atomic E-state index is -0.254. The van der Waals surface area contributed by atoms with Crippen molar-refractivity contribution in [2.75, 3.05) is 0 Å². The monoisotopic (exact) mass is 474 g/mol. The summed E-state index contributed by atoms with van der Waals surface area (Å²) in [6, 6.07) is 49.5. The van der Waals surface area contributed by atoms with Gasteiger partial charge in [0.1, 0.15) is 0 Å². The first-order chi connectivity index (χ1) is 18.2. The van der Waals surface area contributed by atoms with Crippen LogP contribution in [0.1, 0.15) is 46.2 Å². The molecule has 0 nitrogen and oxygen atoms in total. The minimum Gasteiger partial charge on any atom is -0.0721 e. The Kier molecular flexibility index (Phi) is 5.04. The zero-order valence-electron chi connectivity index (χ0n) is 21.1. The first-order valence-electron chi connectivity index (χ1n) is 13.3. The van der Waals surface area contributed by atoms with Crippen LogP contribution in [0.5, 0.6) is 0 Å². The highest BCUT2D eigenvalue weighted by molar-refractivity contribution is 5.81. The molecule has 0 aliphatic heterocycles. The fraction of sp³-hybridized carbons (Fsp3) is 0.135. The van der Waals surface area contributed by atoms with Crippen LogP contribution < -0.4 is 0 Å². The molecule has 0 radical (unpaired) electrons. The molecule has 0 N–H and O–H groups in total. The molecule has 0 saturated carbocycles. The smallest absolute Gasteiger partial charge is 0.0285 e. The van der Waals surface area contributed by atoms with Gasteiger partial charge in [-0.2, -0.15) is 0 Å². The summed E-state index contributed by atoms with van der Waals surface area (Å²) in [5.74, 6) is 0.210. The zero-order valence-corrected chi connectivity index (χ0v) is 21.1. The largest absolute Gasteiger partial charge is 0.0721 e. The molecular formula is C37H30. The van der Waals surface area contributed by atoms with E-state index < -0.39 is 0 Å². The number of hydrogen-bond acceptors (Lipinski definition) is 0. The van der Waals surface area contributed by atoms with Gasteiger partial charge >= 0.3 is 0 Å². The predicted octanol–water partition coefficient (Wildman–Crippen LogP) is 8.96. The zero-order chi connectivity index (χ0) is 24.9. The molecule has 2 aliphatic carbocycles. The third-order valence-electron chi connectivity index (χ3n) is 9.03. The SMILES string of the molecule is CC(c1ccccc1)(C1c2ccccc2-c2ccccc21)C1(Cc2ccccc2)C=Cc2ccccc21. The van der Waals surface area contributed by atoms with E-state index in [1.807, 2.05) is 0 Å². The first kappa shape index (κ1) is 22.1. The van der Waals surface area contributed by atoms with Gasteiger partial charge in [-0.25, -0.2) is 0 Å². The highest BCUT2D eigenvalue weighted by Crippen LogP contribution is 2.63. The summed E-state index contributed by atoms with van der Waals surface area (Å²) in [6.07, 6.45) is 5.83. The third-order valence-corrected chi connectivity index (χ3v) is 9.03. The number of fused-ring (bicyclic) bond motifs is 4. The van der Waals surface area contributed by atoms with Crippen molar-refractivity contribution >= 4 is 6.08 Å². The van der Waals surface area contributed by atoms with Crippen LogP contribution in [0.15, 0.2) is 140 Å². The fourth-order valence-corrected chi connectivity index (χ4v) is 7.32. The van der Waals surface area contributed by atoms with Gasteiger partial charge in [0.15, 0.2) is 0 Å². The van der Waals surface area contributed by atoms with E-state index in [-0.39, 0.29) is 16.7 Å². The van der Waals surface area contributed by atoms with Gasteiger partial charge in [-0.1, -0.05) is 153 Å². The molecule has 2 atom stereocenters. The van der Waals surface area contributed by atoms with Crippen LogP contribution in [0.25, 0.3) is 17.2 Å². The van der Waals surface area contributed by atoms with Gasteiger partial charge in [-0.3, -0.25) is 0 Å². The molecule has 0 amide bonds. The van der Waals surface area contributed by atoms with Crippen molar-refractivity contribution in [3.63, 3.8) is 0 Å². The van der Waals surface area contributed by atoms with Crippen molar-refractivity contribution in [2.24, 2.45) is 0 Å². The predicted molar refractivity (Wildman–Crippen MR) is 155 cm³/mol. The molecule has 0 spiro atoms. The van der Waals surface area contributed by atoms with Crippen LogP contribution in [-0.4, -0.2) is 0 Å². The standard InChI is InChI=1S/C37H30/c1-36(29-17-6-3-7-18-29,35-32-21-11-9-19-30(32)31-20-10-12-22-33(31)35)37(26-27-14-4-2-5-15-27)25-24-28-16-8-13-23-34(28)37/h2-25,35H,26H2,1H3. The molecule has 2 unspecified atom stereocenters. The minimum absolute atomic E-state index is 0.210. The van der Waals surface area contributed by atoms with Crippen LogP contribution in [0.2, 0.25) is 0 Å². The molecule has 2 aliphatic rings. The Hall–Kier alpha value is -4.16. The van der Waals surface area contributed by atoms with E-state index >= 15 is 0 Å². The average molecular weight is 475 g/mol. The summed E-state index contributed by atoms with van der Waals surface area (Å²) in [5.41, 5.74) is 10.6. The maximum atomic E-state index is 2.53. The maximum absolute atomic E-state index is 2.53. The number of allylic oxidation sites excluding steroid dienone is 1. The van der Waals surface area contributed by atoms with Gasteiger partial charge in [0.25, 0.3) is 0 Å². The van der Waals surface area contributed by atoms with Gasteiger partial charge in [0, 0.05) is 16.7 Å². The molecule has 178 valence electrons. The quantitative estimate of drug-likeness (QED) is 0.238. The lowest BCUT2D eigenvalue weighted by Gasteiger charge is -2.51. The molecule has 0 heterocycles. The number of rotatable bonds is 5. The van der Waals surface area contributed by atoms with Crippen LogP contribution >= 0.6 is 0 Å². The molecule has 0 fully saturated rings. The van der Waals surface area contributed by atoms with Crippen molar-refractivity contribution in [1.29, 1.82) is 0 Å². The summed E-state index contributed by atoms with van der Waals surface area (Å²) >= 11 is 0. The van der Waals surface area contributed by atoms with Gasteiger partial charge in [0.2, 0.25) is 0 Å². The van der Waals surface area contributed by atoms with Crippen molar-refractivity contribution in [3.8, 4) is 11.1 Å².